The molecule has 0 amide bonds. The average molecular weight is 388 g/mol. The van der Waals surface area contributed by atoms with Crippen LogP contribution < -0.4 is 5.69 Å². The highest BCUT2D eigenvalue weighted by molar-refractivity contribution is 7.89. The number of rotatable bonds is 4. The smallest absolute Gasteiger partial charge is 0.350 e. The van der Waals surface area contributed by atoms with Crippen molar-refractivity contribution in [3.8, 4) is 0 Å². The SMILES string of the molecule is Cc1ccc(Cn2nc3ccc(S(=O)(=O)N4CCOCC4)cn3c2=O)cc1. The summed E-state index contributed by atoms with van der Waals surface area (Å²) in [6.07, 6.45) is 1.35. The molecule has 0 saturated carbocycles. The van der Waals surface area contributed by atoms with Gasteiger partial charge in [-0.25, -0.2) is 22.3 Å². The molecule has 27 heavy (non-hydrogen) atoms. The minimum Gasteiger partial charge on any atom is -0.379 e. The lowest BCUT2D eigenvalue weighted by atomic mass is 10.1. The zero-order chi connectivity index (χ0) is 19.0. The maximum Gasteiger partial charge on any atom is 0.350 e. The Bertz CT molecular complexity index is 1130. The van der Waals surface area contributed by atoms with Crippen LogP contribution in [0.1, 0.15) is 11.1 Å². The molecule has 1 aromatic carbocycles. The Labute approximate surface area is 156 Å². The minimum absolute atomic E-state index is 0.0777. The summed E-state index contributed by atoms with van der Waals surface area (Å²) in [7, 11) is -3.67. The van der Waals surface area contributed by atoms with Gasteiger partial charge in [-0.05, 0) is 24.6 Å². The molecule has 0 unspecified atom stereocenters. The first kappa shape index (κ1) is 17.9. The number of sulfonamides is 1. The fraction of sp³-hybridized carbons (Fsp3) is 0.333. The summed E-state index contributed by atoms with van der Waals surface area (Å²) in [6, 6.07) is 10.9. The normalized spacial score (nSPS) is 16.0. The van der Waals surface area contributed by atoms with E-state index >= 15 is 0 Å². The van der Waals surface area contributed by atoms with Crippen LogP contribution in [-0.4, -0.2) is 53.2 Å². The number of aryl methyl sites for hydroxylation is 1. The Morgan fingerprint density at radius 3 is 2.48 bits per heavy atom. The van der Waals surface area contributed by atoms with Gasteiger partial charge in [0.2, 0.25) is 10.0 Å². The Kier molecular flexibility index (Phi) is 4.58. The molecule has 0 aliphatic carbocycles. The summed E-state index contributed by atoms with van der Waals surface area (Å²) in [5, 5.41) is 4.30. The van der Waals surface area contributed by atoms with E-state index < -0.39 is 10.0 Å². The highest BCUT2D eigenvalue weighted by Crippen LogP contribution is 2.17. The van der Waals surface area contributed by atoms with E-state index in [1.54, 1.807) is 6.07 Å². The maximum atomic E-state index is 12.8. The number of pyridine rings is 1. The zero-order valence-corrected chi connectivity index (χ0v) is 15.7. The van der Waals surface area contributed by atoms with Gasteiger partial charge in [0.25, 0.3) is 0 Å². The number of hydrogen-bond acceptors (Lipinski definition) is 5. The van der Waals surface area contributed by atoms with Crippen LogP contribution >= 0.6 is 0 Å². The molecule has 1 fully saturated rings. The van der Waals surface area contributed by atoms with Crippen molar-refractivity contribution in [2.45, 2.75) is 18.4 Å². The van der Waals surface area contributed by atoms with Crippen LogP contribution in [0.2, 0.25) is 0 Å². The van der Waals surface area contributed by atoms with Crippen molar-refractivity contribution in [1.82, 2.24) is 18.5 Å². The van der Waals surface area contributed by atoms with Crippen LogP contribution in [0.25, 0.3) is 5.65 Å². The monoisotopic (exact) mass is 388 g/mol. The second kappa shape index (κ2) is 6.91. The van der Waals surface area contributed by atoms with E-state index in [9.17, 15) is 13.2 Å². The number of morpholine rings is 1. The Balaban J connectivity index is 1.69. The first-order valence-corrected chi connectivity index (χ1v) is 10.1. The van der Waals surface area contributed by atoms with E-state index in [4.69, 9.17) is 4.74 Å². The highest BCUT2D eigenvalue weighted by atomic mass is 32.2. The van der Waals surface area contributed by atoms with Gasteiger partial charge in [0.05, 0.1) is 24.7 Å². The van der Waals surface area contributed by atoms with Crippen LogP contribution in [0.3, 0.4) is 0 Å². The van der Waals surface area contributed by atoms with Gasteiger partial charge in [0.1, 0.15) is 0 Å². The second-order valence-electron chi connectivity index (χ2n) is 6.54. The van der Waals surface area contributed by atoms with E-state index in [2.05, 4.69) is 5.10 Å². The van der Waals surface area contributed by atoms with Crippen LogP contribution in [0.15, 0.2) is 52.3 Å². The third-order valence-electron chi connectivity index (χ3n) is 4.61. The van der Waals surface area contributed by atoms with Crippen molar-refractivity contribution in [3.63, 3.8) is 0 Å². The molecule has 3 aromatic rings. The molecule has 1 saturated heterocycles. The van der Waals surface area contributed by atoms with Gasteiger partial charge in [0.15, 0.2) is 5.65 Å². The number of nitrogens with zero attached hydrogens (tertiary/aromatic N) is 4. The molecule has 0 atom stereocenters. The van der Waals surface area contributed by atoms with Gasteiger partial charge < -0.3 is 4.74 Å². The number of ether oxygens (including phenoxy) is 1. The van der Waals surface area contributed by atoms with E-state index in [0.717, 1.165) is 11.1 Å². The molecule has 1 aliphatic rings. The van der Waals surface area contributed by atoms with Crippen molar-refractivity contribution in [2.75, 3.05) is 26.3 Å². The number of benzene rings is 1. The summed E-state index contributed by atoms with van der Waals surface area (Å²) in [4.78, 5) is 12.8. The average Bonchev–Trinajstić information content (AvgIpc) is 2.99. The van der Waals surface area contributed by atoms with Gasteiger partial charge >= 0.3 is 5.69 Å². The third kappa shape index (κ3) is 3.41. The van der Waals surface area contributed by atoms with Crippen molar-refractivity contribution in [2.24, 2.45) is 0 Å². The summed E-state index contributed by atoms with van der Waals surface area (Å²) < 4.78 is 34.8. The van der Waals surface area contributed by atoms with E-state index in [1.807, 2.05) is 31.2 Å². The topological polar surface area (TPSA) is 85.9 Å². The van der Waals surface area contributed by atoms with Gasteiger partial charge in [-0.15, -0.1) is 5.10 Å². The molecule has 0 radical (unpaired) electrons. The predicted octanol–water partition coefficient (Wildman–Crippen LogP) is 0.874. The minimum atomic E-state index is -3.67. The summed E-state index contributed by atoms with van der Waals surface area (Å²) in [6.45, 7) is 3.68. The second-order valence-corrected chi connectivity index (χ2v) is 8.47. The van der Waals surface area contributed by atoms with Crippen molar-refractivity contribution >= 4 is 15.7 Å². The first-order valence-electron chi connectivity index (χ1n) is 8.68. The highest BCUT2D eigenvalue weighted by Gasteiger charge is 2.27. The van der Waals surface area contributed by atoms with Crippen molar-refractivity contribution < 1.29 is 13.2 Å². The molecule has 2 aromatic heterocycles. The van der Waals surface area contributed by atoms with Gasteiger partial charge in [0, 0.05) is 19.3 Å². The summed E-state index contributed by atoms with van der Waals surface area (Å²) >= 11 is 0. The zero-order valence-electron chi connectivity index (χ0n) is 14.9. The number of fused-ring (bicyclic) bond motifs is 1. The lowest BCUT2D eigenvalue weighted by molar-refractivity contribution is 0.0730. The molecule has 8 nitrogen and oxygen atoms in total. The van der Waals surface area contributed by atoms with Crippen LogP contribution in [0.5, 0.6) is 0 Å². The molecule has 1 aliphatic heterocycles. The molecule has 142 valence electrons. The molecule has 9 heteroatoms. The maximum absolute atomic E-state index is 12.8. The van der Waals surface area contributed by atoms with E-state index in [-0.39, 0.29) is 10.6 Å². The van der Waals surface area contributed by atoms with E-state index in [0.29, 0.717) is 38.5 Å². The fourth-order valence-electron chi connectivity index (χ4n) is 3.06. The molecule has 3 heterocycles. The largest absolute Gasteiger partial charge is 0.379 e. The molecule has 0 N–H and O–H groups in total. The lowest BCUT2D eigenvalue weighted by Crippen LogP contribution is -2.40. The Morgan fingerprint density at radius 1 is 1.07 bits per heavy atom. The summed E-state index contributed by atoms with van der Waals surface area (Å²) in [5.41, 5.74) is 2.13. The molecular weight excluding hydrogens is 368 g/mol. The standard InChI is InChI=1S/C18H20N4O4S/c1-14-2-4-15(5-3-14)12-22-18(23)21-13-16(6-7-17(21)19-22)27(24,25)20-8-10-26-11-9-20/h2-7,13H,8-12H2,1H3. The lowest BCUT2D eigenvalue weighted by Gasteiger charge is -2.25. The van der Waals surface area contributed by atoms with Crippen LogP contribution in [0.4, 0.5) is 0 Å². The quantitative estimate of drug-likeness (QED) is 0.662. The molecule has 0 bridgehead atoms. The number of aromatic nitrogens is 3. The van der Waals surface area contributed by atoms with Crippen molar-refractivity contribution in [3.05, 3.63) is 64.2 Å². The number of hydrogen-bond donors (Lipinski definition) is 0. The summed E-state index contributed by atoms with van der Waals surface area (Å²) in [5.74, 6) is 0. The third-order valence-corrected chi connectivity index (χ3v) is 6.49. The fourth-order valence-corrected chi connectivity index (χ4v) is 4.46. The molecule has 0 spiro atoms. The van der Waals surface area contributed by atoms with Crippen LogP contribution in [-0.2, 0) is 21.3 Å². The predicted molar refractivity (Wildman–Crippen MR) is 99.3 cm³/mol. The Hall–Kier alpha value is -2.49. The van der Waals surface area contributed by atoms with Gasteiger partial charge in [-0.3, -0.25) is 0 Å². The molecule has 4 rings (SSSR count). The molecular formula is C18H20N4O4S. The van der Waals surface area contributed by atoms with Crippen molar-refractivity contribution in [1.29, 1.82) is 0 Å². The first-order chi connectivity index (χ1) is 12.9. The van der Waals surface area contributed by atoms with Crippen LogP contribution in [0, 0.1) is 6.92 Å². The van der Waals surface area contributed by atoms with Gasteiger partial charge in [-0.2, -0.15) is 4.31 Å². The van der Waals surface area contributed by atoms with E-state index in [1.165, 1.54) is 25.7 Å². The Morgan fingerprint density at radius 2 is 1.78 bits per heavy atom. The van der Waals surface area contributed by atoms with Gasteiger partial charge in [-0.1, -0.05) is 29.8 Å².